The fraction of sp³-hybridized carbons (Fsp3) is 0.167. The second kappa shape index (κ2) is 6.33. The van der Waals surface area contributed by atoms with Crippen LogP contribution >= 0.6 is 23.4 Å². The van der Waals surface area contributed by atoms with Crippen molar-refractivity contribution in [2.24, 2.45) is 0 Å². The Labute approximate surface area is 108 Å². The van der Waals surface area contributed by atoms with E-state index >= 15 is 0 Å². The van der Waals surface area contributed by atoms with Crippen molar-refractivity contribution in [3.63, 3.8) is 0 Å². The van der Waals surface area contributed by atoms with Crippen LogP contribution in [0, 0.1) is 11.8 Å². The first-order valence-electron chi connectivity index (χ1n) is 4.66. The molecule has 5 heteroatoms. The molecule has 0 fully saturated rings. The van der Waals surface area contributed by atoms with Gasteiger partial charge < -0.3 is 5.11 Å². The Bertz CT molecular complexity index is 514. The summed E-state index contributed by atoms with van der Waals surface area (Å²) in [5, 5.41) is 8.94. The molecule has 88 valence electrons. The smallest absolute Gasteiger partial charge is 0.337 e. The summed E-state index contributed by atoms with van der Waals surface area (Å²) in [6.45, 7) is 1.48. The molecular formula is C12H9ClO3S. The summed E-state index contributed by atoms with van der Waals surface area (Å²) in [4.78, 5) is 21.3. The third-order valence-electron chi connectivity index (χ3n) is 1.78. The van der Waals surface area contributed by atoms with Gasteiger partial charge in [0, 0.05) is 12.5 Å². The van der Waals surface area contributed by atoms with E-state index in [1.165, 1.54) is 19.1 Å². The standard InChI is InChI=1S/C12H9ClO3S/c1-8(14)17-6-2-3-9-4-5-10(12(15)16)11(13)7-9/h4-5,7H,6H2,1H3,(H,15,16). The Balaban J connectivity index is 2.77. The minimum absolute atomic E-state index is 0.0126. The van der Waals surface area contributed by atoms with Gasteiger partial charge in [0.25, 0.3) is 0 Å². The summed E-state index contributed by atoms with van der Waals surface area (Å²) in [7, 11) is 0. The fourth-order valence-electron chi connectivity index (χ4n) is 1.04. The third-order valence-corrected chi connectivity index (χ3v) is 2.79. The lowest BCUT2D eigenvalue weighted by molar-refractivity contribution is -0.109. The topological polar surface area (TPSA) is 54.4 Å². The van der Waals surface area contributed by atoms with E-state index in [4.69, 9.17) is 16.7 Å². The third kappa shape index (κ3) is 4.51. The SMILES string of the molecule is CC(=O)SCC#Cc1ccc(C(=O)O)c(Cl)c1. The van der Waals surface area contributed by atoms with E-state index in [0.29, 0.717) is 11.3 Å². The van der Waals surface area contributed by atoms with Crippen LogP contribution in [0.5, 0.6) is 0 Å². The monoisotopic (exact) mass is 268 g/mol. The molecule has 0 amide bonds. The van der Waals surface area contributed by atoms with Crippen LogP contribution < -0.4 is 0 Å². The van der Waals surface area contributed by atoms with Crippen molar-refractivity contribution >= 4 is 34.4 Å². The van der Waals surface area contributed by atoms with E-state index in [0.717, 1.165) is 11.8 Å². The Morgan fingerprint density at radius 1 is 1.47 bits per heavy atom. The highest BCUT2D eigenvalue weighted by molar-refractivity contribution is 8.13. The molecule has 0 saturated heterocycles. The molecule has 0 aliphatic heterocycles. The highest BCUT2D eigenvalue weighted by Crippen LogP contribution is 2.17. The zero-order valence-corrected chi connectivity index (χ0v) is 10.6. The first-order chi connectivity index (χ1) is 8.00. The number of benzene rings is 1. The van der Waals surface area contributed by atoms with Gasteiger partial charge in [0.2, 0.25) is 0 Å². The summed E-state index contributed by atoms with van der Waals surface area (Å²) >= 11 is 6.90. The second-order valence-electron chi connectivity index (χ2n) is 3.08. The van der Waals surface area contributed by atoms with E-state index in [9.17, 15) is 9.59 Å². The number of carbonyl (C=O) groups excluding carboxylic acids is 1. The summed E-state index contributed by atoms with van der Waals surface area (Å²) in [5.41, 5.74) is 0.680. The molecule has 0 radical (unpaired) electrons. The number of hydrogen-bond acceptors (Lipinski definition) is 3. The van der Waals surface area contributed by atoms with Gasteiger partial charge in [-0.3, -0.25) is 4.79 Å². The van der Waals surface area contributed by atoms with Gasteiger partial charge in [0.15, 0.2) is 5.12 Å². The maximum absolute atomic E-state index is 10.7. The lowest BCUT2D eigenvalue weighted by Gasteiger charge is -1.98. The van der Waals surface area contributed by atoms with Gasteiger partial charge in [-0.2, -0.15) is 0 Å². The molecule has 1 rings (SSSR count). The van der Waals surface area contributed by atoms with Crippen molar-refractivity contribution in [1.29, 1.82) is 0 Å². The molecule has 0 bridgehead atoms. The molecule has 0 heterocycles. The number of halogens is 1. The van der Waals surface area contributed by atoms with Crippen molar-refractivity contribution in [2.45, 2.75) is 6.92 Å². The highest BCUT2D eigenvalue weighted by Gasteiger charge is 2.07. The molecular weight excluding hydrogens is 260 g/mol. The van der Waals surface area contributed by atoms with Gasteiger partial charge in [-0.1, -0.05) is 35.2 Å². The number of thioether (sulfide) groups is 1. The molecule has 17 heavy (non-hydrogen) atoms. The van der Waals surface area contributed by atoms with Crippen LogP contribution in [0.25, 0.3) is 0 Å². The molecule has 1 aromatic carbocycles. The van der Waals surface area contributed by atoms with Crippen LogP contribution in [0.15, 0.2) is 18.2 Å². The molecule has 0 aliphatic rings. The molecule has 0 spiro atoms. The van der Waals surface area contributed by atoms with Crippen molar-refractivity contribution < 1.29 is 14.7 Å². The first kappa shape index (κ1) is 13.6. The minimum Gasteiger partial charge on any atom is -0.478 e. The molecule has 1 aromatic rings. The zero-order valence-electron chi connectivity index (χ0n) is 8.99. The highest BCUT2D eigenvalue weighted by atomic mass is 35.5. The Morgan fingerprint density at radius 3 is 2.71 bits per heavy atom. The van der Waals surface area contributed by atoms with Gasteiger partial charge in [0.05, 0.1) is 16.3 Å². The quantitative estimate of drug-likeness (QED) is 0.838. The normalized spacial score (nSPS) is 9.29. The van der Waals surface area contributed by atoms with Gasteiger partial charge in [-0.15, -0.1) is 0 Å². The molecule has 1 N–H and O–H groups in total. The second-order valence-corrected chi connectivity index (χ2v) is 4.64. The van der Waals surface area contributed by atoms with Crippen molar-refractivity contribution in [2.75, 3.05) is 5.75 Å². The number of aromatic carboxylic acids is 1. The van der Waals surface area contributed by atoms with E-state index in [1.807, 2.05) is 0 Å². The summed E-state index contributed by atoms with van der Waals surface area (Å²) in [6.07, 6.45) is 0. The Morgan fingerprint density at radius 2 is 2.18 bits per heavy atom. The fourth-order valence-corrected chi connectivity index (χ4v) is 1.65. The first-order valence-corrected chi connectivity index (χ1v) is 6.02. The van der Waals surface area contributed by atoms with E-state index in [-0.39, 0.29) is 15.7 Å². The molecule has 0 aromatic heterocycles. The van der Waals surface area contributed by atoms with Crippen molar-refractivity contribution in [3.8, 4) is 11.8 Å². The number of carboxylic acid groups (broad SMARTS) is 1. The number of hydrogen-bond donors (Lipinski definition) is 1. The predicted molar refractivity (Wildman–Crippen MR) is 68.4 cm³/mol. The predicted octanol–water partition coefficient (Wildman–Crippen LogP) is 2.67. The van der Waals surface area contributed by atoms with E-state index in [2.05, 4.69) is 11.8 Å². The maximum atomic E-state index is 10.7. The van der Waals surface area contributed by atoms with Crippen LogP contribution in [-0.4, -0.2) is 21.9 Å². The van der Waals surface area contributed by atoms with Crippen LogP contribution in [0.3, 0.4) is 0 Å². The van der Waals surface area contributed by atoms with Gasteiger partial charge >= 0.3 is 5.97 Å². The van der Waals surface area contributed by atoms with Gasteiger partial charge in [0.1, 0.15) is 0 Å². The number of carboxylic acids is 1. The van der Waals surface area contributed by atoms with E-state index < -0.39 is 5.97 Å². The lowest BCUT2D eigenvalue weighted by Crippen LogP contribution is -1.97. The molecule has 3 nitrogen and oxygen atoms in total. The number of carbonyl (C=O) groups is 2. The van der Waals surface area contributed by atoms with Crippen LogP contribution in [-0.2, 0) is 4.79 Å². The van der Waals surface area contributed by atoms with Crippen molar-refractivity contribution in [1.82, 2.24) is 0 Å². The van der Waals surface area contributed by atoms with Crippen LogP contribution in [0.4, 0.5) is 0 Å². The summed E-state index contributed by atoms with van der Waals surface area (Å²) in [5.74, 6) is 4.94. The van der Waals surface area contributed by atoms with Gasteiger partial charge in [-0.05, 0) is 18.2 Å². The molecule has 0 unspecified atom stereocenters. The Kier molecular flexibility index (Phi) is 5.08. The largest absolute Gasteiger partial charge is 0.478 e. The average Bonchev–Trinajstić information content (AvgIpc) is 2.23. The van der Waals surface area contributed by atoms with Crippen molar-refractivity contribution in [3.05, 3.63) is 34.3 Å². The summed E-state index contributed by atoms with van der Waals surface area (Å²) < 4.78 is 0. The molecule has 0 atom stereocenters. The van der Waals surface area contributed by atoms with E-state index in [1.54, 1.807) is 6.07 Å². The minimum atomic E-state index is -1.07. The lowest BCUT2D eigenvalue weighted by atomic mass is 10.1. The summed E-state index contributed by atoms with van der Waals surface area (Å²) in [6, 6.07) is 4.49. The average molecular weight is 269 g/mol. The number of rotatable bonds is 2. The molecule has 0 saturated carbocycles. The van der Waals surface area contributed by atoms with Gasteiger partial charge in [-0.25, -0.2) is 4.79 Å². The Hall–Kier alpha value is -1.44. The molecule has 0 aliphatic carbocycles. The van der Waals surface area contributed by atoms with Crippen LogP contribution in [0.1, 0.15) is 22.8 Å². The zero-order chi connectivity index (χ0) is 12.8. The van der Waals surface area contributed by atoms with Crippen LogP contribution in [0.2, 0.25) is 5.02 Å². The maximum Gasteiger partial charge on any atom is 0.337 e.